The number of hydrogen-bond acceptors (Lipinski definition) is 6. The molecule has 1 atom stereocenters. The monoisotopic (exact) mass is 357 g/mol. The van der Waals surface area contributed by atoms with E-state index in [1.165, 1.54) is 11.4 Å². The summed E-state index contributed by atoms with van der Waals surface area (Å²) in [6, 6.07) is 3.51. The number of aromatic nitrogens is 1. The Labute approximate surface area is 142 Å². The van der Waals surface area contributed by atoms with Crippen molar-refractivity contribution in [2.24, 2.45) is 16.5 Å². The van der Waals surface area contributed by atoms with Gasteiger partial charge in [0, 0.05) is 19.2 Å². The van der Waals surface area contributed by atoms with E-state index in [9.17, 15) is 8.42 Å². The molecular weight excluding hydrogens is 334 g/mol. The lowest BCUT2D eigenvalue weighted by Gasteiger charge is -2.30. The highest BCUT2D eigenvalue weighted by Gasteiger charge is 2.55. The predicted octanol–water partition coefficient (Wildman–Crippen LogP) is 0.783. The van der Waals surface area contributed by atoms with E-state index in [4.69, 9.17) is 19.3 Å². The molecule has 0 unspecified atom stereocenters. The Morgan fingerprint density at radius 1 is 1.29 bits per heavy atom. The van der Waals surface area contributed by atoms with E-state index in [1.807, 2.05) is 0 Å². The highest BCUT2D eigenvalue weighted by atomic mass is 32.2. The van der Waals surface area contributed by atoms with E-state index in [2.05, 4.69) is 4.98 Å². The molecule has 2 aliphatic rings. The van der Waals surface area contributed by atoms with Crippen LogP contribution in [-0.2, 0) is 10.2 Å². The summed E-state index contributed by atoms with van der Waals surface area (Å²) in [6.07, 6.45) is 2.71. The van der Waals surface area contributed by atoms with Gasteiger partial charge in [-0.15, -0.1) is 0 Å². The summed E-state index contributed by atoms with van der Waals surface area (Å²) in [6.45, 7) is 1.55. The normalized spacial score (nSPS) is 23.0. The minimum atomic E-state index is -3.57. The zero-order valence-corrected chi connectivity index (χ0v) is 14.7. The lowest BCUT2D eigenvalue weighted by atomic mass is 9.92. The number of hydrogen-bond donors (Lipinski definition) is 1. The summed E-state index contributed by atoms with van der Waals surface area (Å²) in [7, 11) is -0.488. The van der Waals surface area contributed by atoms with Crippen molar-refractivity contribution < 1.29 is 22.6 Å². The van der Waals surface area contributed by atoms with Crippen LogP contribution in [0.5, 0.6) is 17.5 Å². The standard InChI is InChI=1S/C15H23N3O5S/c1-21-13-4-3-12(14(17-13)22-2)23-10-11-9-15(11)5-7-18(8-6-15)24(16,19)20/h3-4,11H,5-10H2,1-2H3,(H2,16,19,20)/t11-/m0/s1. The highest BCUT2D eigenvalue weighted by molar-refractivity contribution is 7.86. The summed E-state index contributed by atoms with van der Waals surface area (Å²) >= 11 is 0. The fourth-order valence-electron chi connectivity index (χ4n) is 3.44. The van der Waals surface area contributed by atoms with Gasteiger partial charge in [0.1, 0.15) is 0 Å². The van der Waals surface area contributed by atoms with Gasteiger partial charge in [0.25, 0.3) is 16.1 Å². The summed E-state index contributed by atoms with van der Waals surface area (Å²) in [4.78, 5) is 4.19. The maximum absolute atomic E-state index is 11.4. The quantitative estimate of drug-likeness (QED) is 0.807. The number of ether oxygens (including phenoxy) is 3. The molecule has 134 valence electrons. The van der Waals surface area contributed by atoms with Crippen molar-refractivity contribution in [3.05, 3.63) is 12.1 Å². The van der Waals surface area contributed by atoms with Gasteiger partial charge >= 0.3 is 0 Å². The molecule has 2 heterocycles. The molecule has 1 aromatic heterocycles. The molecule has 24 heavy (non-hydrogen) atoms. The Hall–Kier alpha value is -1.58. The van der Waals surface area contributed by atoms with Crippen molar-refractivity contribution >= 4 is 10.2 Å². The summed E-state index contributed by atoms with van der Waals surface area (Å²) < 4.78 is 40.3. The van der Waals surface area contributed by atoms with E-state index in [1.54, 1.807) is 19.2 Å². The van der Waals surface area contributed by atoms with E-state index in [-0.39, 0.29) is 5.41 Å². The fraction of sp³-hybridized carbons (Fsp3) is 0.667. The van der Waals surface area contributed by atoms with E-state index >= 15 is 0 Å². The number of piperidine rings is 1. The second-order valence-electron chi connectivity index (χ2n) is 6.38. The van der Waals surface area contributed by atoms with Gasteiger partial charge in [-0.1, -0.05) is 0 Å². The molecular formula is C15H23N3O5S. The van der Waals surface area contributed by atoms with Crippen LogP contribution in [0.25, 0.3) is 0 Å². The molecule has 1 aliphatic heterocycles. The third-order valence-electron chi connectivity index (χ3n) is 5.08. The van der Waals surface area contributed by atoms with Crippen molar-refractivity contribution in [3.8, 4) is 17.5 Å². The van der Waals surface area contributed by atoms with Crippen molar-refractivity contribution in [1.29, 1.82) is 0 Å². The second kappa shape index (κ2) is 6.38. The highest BCUT2D eigenvalue weighted by Crippen LogP contribution is 2.59. The Morgan fingerprint density at radius 3 is 2.58 bits per heavy atom. The molecule has 0 bridgehead atoms. The predicted molar refractivity (Wildman–Crippen MR) is 87.3 cm³/mol. The summed E-state index contributed by atoms with van der Waals surface area (Å²) in [5.41, 5.74) is 0.189. The average molecular weight is 357 g/mol. The third-order valence-corrected chi connectivity index (χ3v) is 6.16. The smallest absolute Gasteiger partial charge is 0.276 e. The molecule has 1 aliphatic carbocycles. The molecule has 0 radical (unpaired) electrons. The molecule has 3 rings (SSSR count). The number of methoxy groups -OCH3 is 2. The van der Waals surface area contributed by atoms with Gasteiger partial charge in [-0.05, 0) is 36.7 Å². The molecule has 2 N–H and O–H groups in total. The van der Waals surface area contributed by atoms with E-state index in [0.29, 0.717) is 43.1 Å². The lowest BCUT2D eigenvalue weighted by molar-refractivity contribution is 0.203. The van der Waals surface area contributed by atoms with Gasteiger partial charge in [-0.2, -0.15) is 17.7 Å². The van der Waals surface area contributed by atoms with Crippen LogP contribution in [0.2, 0.25) is 0 Å². The van der Waals surface area contributed by atoms with Crippen LogP contribution in [-0.4, -0.2) is 51.6 Å². The topological polar surface area (TPSA) is 104 Å². The third kappa shape index (κ3) is 3.42. The minimum Gasteiger partial charge on any atom is -0.488 e. The van der Waals surface area contributed by atoms with Crippen molar-refractivity contribution in [2.75, 3.05) is 33.9 Å². The Morgan fingerprint density at radius 2 is 2.00 bits per heavy atom. The lowest BCUT2D eigenvalue weighted by Crippen LogP contribution is -2.43. The zero-order valence-electron chi connectivity index (χ0n) is 13.9. The van der Waals surface area contributed by atoms with E-state index < -0.39 is 10.2 Å². The zero-order chi connectivity index (χ0) is 17.4. The first-order chi connectivity index (χ1) is 11.4. The van der Waals surface area contributed by atoms with Crippen LogP contribution in [0.1, 0.15) is 19.3 Å². The van der Waals surface area contributed by atoms with E-state index in [0.717, 1.165) is 19.3 Å². The molecule has 0 aromatic carbocycles. The molecule has 8 nitrogen and oxygen atoms in total. The summed E-state index contributed by atoms with van der Waals surface area (Å²) in [5.74, 6) is 1.87. The molecule has 1 spiro atoms. The van der Waals surface area contributed by atoms with Crippen LogP contribution >= 0.6 is 0 Å². The molecule has 0 amide bonds. The van der Waals surface area contributed by atoms with Gasteiger partial charge in [-0.3, -0.25) is 0 Å². The van der Waals surface area contributed by atoms with Crippen LogP contribution in [0.4, 0.5) is 0 Å². The minimum absolute atomic E-state index is 0.189. The number of nitrogens with zero attached hydrogens (tertiary/aromatic N) is 2. The maximum atomic E-state index is 11.4. The first kappa shape index (κ1) is 17.2. The Balaban J connectivity index is 1.55. The van der Waals surface area contributed by atoms with Crippen LogP contribution in [0, 0.1) is 11.3 Å². The van der Waals surface area contributed by atoms with Crippen molar-refractivity contribution in [1.82, 2.24) is 9.29 Å². The van der Waals surface area contributed by atoms with Gasteiger partial charge in [0.2, 0.25) is 5.88 Å². The summed E-state index contributed by atoms with van der Waals surface area (Å²) in [5, 5.41) is 5.19. The van der Waals surface area contributed by atoms with Crippen molar-refractivity contribution in [3.63, 3.8) is 0 Å². The van der Waals surface area contributed by atoms with Gasteiger partial charge in [0.05, 0.1) is 20.8 Å². The Kier molecular flexibility index (Phi) is 4.58. The first-order valence-electron chi connectivity index (χ1n) is 7.88. The molecule has 2 fully saturated rings. The number of rotatable bonds is 6. The second-order valence-corrected chi connectivity index (χ2v) is 7.93. The fourth-order valence-corrected chi connectivity index (χ4v) is 4.13. The van der Waals surface area contributed by atoms with Gasteiger partial charge in [-0.25, -0.2) is 5.14 Å². The largest absolute Gasteiger partial charge is 0.488 e. The van der Waals surface area contributed by atoms with Crippen LogP contribution in [0.3, 0.4) is 0 Å². The van der Waals surface area contributed by atoms with Gasteiger partial charge < -0.3 is 14.2 Å². The maximum Gasteiger partial charge on any atom is 0.276 e. The van der Waals surface area contributed by atoms with Gasteiger partial charge in [0.15, 0.2) is 5.75 Å². The first-order valence-corrected chi connectivity index (χ1v) is 9.38. The molecule has 1 saturated carbocycles. The number of nitrogens with two attached hydrogens (primary N) is 1. The molecule has 1 saturated heterocycles. The molecule has 9 heteroatoms. The Bertz CT molecular complexity index is 701. The molecule has 1 aromatic rings. The average Bonchev–Trinajstić information content (AvgIpc) is 3.24. The van der Waals surface area contributed by atoms with Crippen molar-refractivity contribution in [2.45, 2.75) is 19.3 Å². The van der Waals surface area contributed by atoms with Crippen LogP contribution < -0.4 is 19.3 Å². The SMILES string of the molecule is COc1ccc(OC[C@@H]2CC23CCN(S(N)(=O)=O)CC3)c(OC)n1. The number of pyridine rings is 1. The van der Waals surface area contributed by atoms with Crippen LogP contribution in [0.15, 0.2) is 12.1 Å².